The van der Waals surface area contributed by atoms with Gasteiger partial charge in [-0.1, -0.05) is 29.8 Å². The minimum Gasteiger partial charge on any atom is -0.465 e. The van der Waals surface area contributed by atoms with Gasteiger partial charge in [-0.05, 0) is 42.3 Å². The van der Waals surface area contributed by atoms with Crippen molar-refractivity contribution in [3.63, 3.8) is 0 Å². The second-order valence-corrected chi connectivity index (χ2v) is 6.29. The number of rotatable bonds is 5. The molecule has 10 heteroatoms. The Morgan fingerprint density at radius 2 is 1.86 bits per heavy atom. The fourth-order valence-corrected chi connectivity index (χ4v) is 2.83. The zero-order chi connectivity index (χ0) is 21.6. The molecule has 146 valence electrons. The molecule has 1 unspecified atom stereocenters. The number of nitriles is 2. The van der Waals surface area contributed by atoms with Gasteiger partial charge in [-0.3, -0.25) is 15.5 Å². The fraction of sp³-hybridized carbons (Fsp3) is 0.105. The van der Waals surface area contributed by atoms with Crippen molar-refractivity contribution < 1.29 is 19.1 Å². The predicted octanol–water partition coefficient (Wildman–Crippen LogP) is 3.39. The molecule has 0 radical (unpaired) electrons. The van der Waals surface area contributed by atoms with E-state index in [1.165, 1.54) is 47.8 Å². The number of hydrogen-bond acceptors (Lipinski definition) is 6. The first-order chi connectivity index (χ1) is 13.7. The smallest absolute Gasteiger partial charge is 0.411 e. The topological polar surface area (TPSA) is 138 Å². The van der Waals surface area contributed by atoms with Crippen molar-refractivity contribution in [1.82, 2.24) is 5.32 Å². The van der Waals surface area contributed by atoms with Crippen LogP contribution >= 0.6 is 11.6 Å². The van der Waals surface area contributed by atoms with Gasteiger partial charge in [-0.25, -0.2) is 9.18 Å². The molecular formula is C19H13ClFN5O3. The van der Waals surface area contributed by atoms with E-state index in [0.717, 1.165) is 0 Å². The lowest BCUT2D eigenvalue weighted by molar-refractivity contribution is -0.114. The van der Waals surface area contributed by atoms with Crippen molar-refractivity contribution in [2.45, 2.75) is 12.3 Å². The number of carbonyl (C=O) groups excluding carboxylic acids is 1. The molecule has 0 heterocycles. The monoisotopic (exact) mass is 413 g/mol. The van der Waals surface area contributed by atoms with Crippen LogP contribution in [0, 0.1) is 28.5 Å². The van der Waals surface area contributed by atoms with Gasteiger partial charge in [-0.2, -0.15) is 15.6 Å². The second-order valence-electron chi connectivity index (χ2n) is 5.88. The number of amides is 2. The maximum atomic E-state index is 13.2. The molecule has 29 heavy (non-hydrogen) atoms. The van der Waals surface area contributed by atoms with Crippen LogP contribution < -0.4 is 10.7 Å². The quantitative estimate of drug-likeness (QED) is 0.507. The number of carboxylic acid groups (broad SMARTS) is 1. The minimum absolute atomic E-state index is 0.187. The molecule has 0 saturated heterocycles. The van der Waals surface area contributed by atoms with Crippen molar-refractivity contribution in [2.24, 2.45) is 5.10 Å². The maximum absolute atomic E-state index is 13.2. The average Bonchev–Trinajstić information content (AvgIpc) is 2.68. The molecule has 0 aliphatic carbocycles. The van der Waals surface area contributed by atoms with Crippen molar-refractivity contribution in [2.75, 3.05) is 5.43 Å². The molecule has 2 aromatic rings. The molecule has 0 bridgehead atoms. The highest BCUT2D eigenvalue weighted by atomic mass is 35.5. The number of carbonyl (C=O) groups is 2. The minimum atomic E-state index is -1.62. The third-order valence-corrected chi connectivity index (χ3v) is 4.30. The Hall–Kier alpha value is -3.95. The SMILES string of the molecule is CC(C#N)(c1ccc(F)cc1)c1ccc(N/N=C(\C#N)C(=O)NC(=O)O)cc1Cl. The first-order valence-corrected chi connectivity index (χ1v) is 8.34. The van der Waals surface area contributed by atoms with Gasteiger partial charge in [0.05, 0.1) is 11.8 Å². The van der Waals surface area contributed by atoms with E-state index in [2.05, 4.69) is 16.6 Å². The maximum Gasteiger partial charge on any atom is 0.411 e. The molecule has 2 rings (SSSR count). The van der Waals surface area contributed by atoms with Crippen LogP contribution in [0.5, 0.6) is 0 Å². The highest BCUT2D eigenvalue weighted by Gasteiger charge is 2.31. The summed E-state index contributed by atoms with van der Waals surface area (Å²) in [6.45, 7) is 1.64. The summed E-state index contributed by atoms with van der Waals surface area (Å²) in [6, 6.07) is 13.6. The fourth-order valence-electron chi connectivity index (χ4n) is 2.46. The standard InChI is InChI=1S/C19H13ClFN5O3/c1-19(10-23,11-2-4-12(21)5-3-11)14-7-6-13(8-15(14)20)25-26-16(9-22)17(27)24-18(28)29/h2-8,25H,1H3,(H,24,27)(H,28,29)/b26-16+. The molecule has 8 nitrogen and oxygen atoms in total. The van der Waals surface area contributed by atoms with E-state index in [1.807, 2.05) is 0 Å². The molecule has 0 fully saturated rings. The number of halogens is 2. The summed E-state index contributed by atoms with van der Waals surface area (Å²) >= 11 is 6.32. The summed E-state index contributed by atoms with van der Waals surface area (Å²) in [5, 5.41) is 32.4. The van der Waals surface area contributed by atoms with Gasteiger partial charge in [0.15, 0.2) is 0 Å². The Kier molecular flexibility index (Phi) is 6.50. The molecule has 2 amide bonds. The van der Waals surface area contributed by atoms with Crippen molar-refractivity contribution in [3.05, 3.63) is 64.4 Å². The van der Waals surface area contributed by atoms with Crippen LogP contribution in [0.15, 0.2) is 47.6 Å². The van der Waals surface area contributed by atoms with E-state index in [-0.39, 0.29) is 10.7 Å². The molecule has 3 N–H and O–H groups in total. The highest BCUT2D eigenvalue weighted by Crippen LogP contribution is 2.37. The molecule has 1 atom stereocenters. The van der Waals surface area contributed by atoms with Gasteiger partial charge in [0.25, 0.3) is 5.91 Å². The lowest BCUT2D eigenvalue weighted by Gasteiger charge is -2.24. The largest absolute Gasteiger partial charge is 0.465 e. The number of nitrogens with one attached hydrogen (secondary N) is 2. The Morgan fingerprint density at radius 3 is 2.38 bits per heavy atom. The summed E-state index contributed by atoms with van der Waals surface area (Å²) in [7, 11) is 0. The zero-order valence-corrected chi connectivity index (χ0v) is 15.7. The molecule has 0 aromatic heterocycles. The van der Waals surface area contributed by atoms with E-state index >= 15 is 0 Å². The second kappa shape index (κ2) is 8.83. The molecular weight excluding hydrogens is 401 g/mol. The van der Waals surface area contributed by atoms with Crippen LogP contribution in [0.25, 0.3) is 0 Å². The lowest BCUT2D eigenvalue weighted by atomic mass is 9.77. The molecule has 0 aliphatic rings. The van der Waals surface area contributed by atoms with Crippen molar-refractivity contribution >= 4 is 35.0 Å². The molecule has 0 saturated carbocycles. The Balaban J connectivity index is 2.32. The molecule has 0 aliphatic heterocycles. The molecule has 2 aromatic carbocycles. The van der Waals surface area contributed by atoms with Gasteiger partial charge in [0.1, 0.15) is 17.3 Å². The number of benzene rings is 2. The van der Waals surface area contributed by atoms with E-state index in [4.69, 9.17) is 22.0 Å². The van der Waals surface area contributed by atoms with E-state index in [1.54, 1.807) is 13.0 Å². The van der Waals surface area contributed by atoms with E-state index < -0.39 is 28.9 Å². The number of nitrogens with zero attached hydrogens (tertiary/aromatic N) is 3. The van der Waals surface area contributed by atoms with Crippen molar-refractivity contribution in [3.8, 4) is 12.1 Å². The van der Waals surface area contributed by atoms with E-state index in [0.29, 0.717) is 11.1 Å². The lowest BCUT2D eigenvalue weighted by Crippen LogP contribution is -2.34. The average molecular weight is 414 g/mol. The van der Waals surface area contributed by atoms with Crippen LogP contribution in [0.2, 0.25) is 5.02 Å². The Labute approximate surface area is 169 Å². The van der Waals surface area contributed by atoms with Gasteiger partial charge < -0.3 is 5.11 Å². The Morgan fingerprint density at radius 1 is 1.21 bits per heavy atom. The molecule has 0 spiro atoms. The first-order valence-electron chi connectivity index (χ1n) is 7.96. The van der Waals surface area contributed by atoms with Crippen LogP contribution in [0.3, 0.4) is 0 Å². The van der Waals surface area contributed by atoms with Gasteiger partial charge in [0.2, 0.25) is 5.71 Å². The third kappa shape index (κ3) is 4.86. The first kappa shape index (κ1) is 21.4. The normalized spacial score (nSPS) is 12.8. The summed E-state index contributed by atoms with van der Waals surface area (Å²) in [4.78, 5) is 22.0. The zero-order valence-electron chi connectivity index (χ0n) is 14.9. The van der Waals surface area contributed by atoms with Gasteiger partial charge in [0, 0.05) is 5.02 Å². The van der Waals surface area contributed by atoms with Gasteiger partial charge >= 0.3 is 6.09 Å². The summed E-state index contributed by atoms with van der Waals surface area (Å²) in [5.74, 6) is -1.62. The highest BCUT2D eigenvalue weighted by molar-refractivity contribution is 6.46. The number of anilines is 1. The Bertz CT molecular complexity index is 1070. The van der Waals surface area contributed by atoms with Crippen molar-refractivity contribution in [1.29, 1.82) is 10.5 Å². The van der Waals surface area contributed by atoms with Crippen LogP contribution in [0.4, 0.5) is 14.9 Å². The summed E-state index contributed by atoms with van der Waals surface area (Å²) in [6.07, 6.45) is -1.62. The number of hydrogen-bond donors (Lipinski definition) is 3. The number of imide groups is 1. The van der Waals surface area contributed by atoms with Crippen LogP contribution in [-0.2, 0) is 10.2 Å². The van der Waals surface area contributed by atoms with Gasteiger partial charge in [-0.15, -0.1) is 0 Å². The van der Waals surface area contributed by atoms with E-state index in [9.17, 15) is 19.2 Å². The van der Waals surface area contributed by atoms with Crippen LogP contribution in [0.1, 0.15) is 18.1 Å². The van der Waals surface area contributed by atoms with Crippen LogP contribution in [-0.4, -0.2) is 22.8 Å². The third-order valence-electron chi connectivity index (χ3n) is 3.99. The summed E-state index contributed by atoms with van der Waals surface area (Å²) < 4.78 is 13.2. The number of hydrazone groups is 1. The summed E-state index contributed by atoms with van der Waals surface area (Å²) in [5.41, 5.74) is 1.84. The predicted molar refractivity (Wildman–Crippen MR) is 103 cm³/mol.